The van der Waals surface area contributed by atoms with Crippen molar-refractivity contribution in [1.82, 2.24) is 10.2 Å². The zero-order valence-electron chi connectivity index (χ0n) is 13.7. The van der Waals surface area contributed by atoms with Gasteiger partial charge in [0.2, 0.25) is 0 Å². The van der Waals surface area contributed by atoms with Crippen molar-refractivity contribution in [1.29, 1.82) is 0 Å². The van der Waals surface area contributed by atoms with Crippen molar-refractivity contribution in [2.75, 3.05) is 20.7 Å². The Morgan fingerprint density at radius 1 is 1.29 bits per heavy atom. The highest BCUT2D eigenvalue weighted by Gasteiger charge is 2.10. The van der Waals surface area contributed by atoms with Crippen molar-refractivity contribution in [3.63, 3.8) is 0 Å². The summed E-state index contributed by atoms with van der Waals surface area (Å²) in [6.07, 6.45) is 0.691. The number of ether oxygens (including phenoxy) is 1. The van der Waals surface area contributed by atoms with Crippen LogP contribution in [0.4, 0.5) is 9.18 Å². The van der Waals surface area contributed by atoms with E-state index < -0.39 is 5.82 Å². The third-order valence-corrected chi connectivity index (χ3v) is 3.97. The van der Waals surface area contributed by atoms with Gasteiger partial charge in [0.05, 0.1) is 12.1 Å². The van der Waals surface area contributed by atoms with Crippen molar-refractivity contribution in [2.45, 2.75) is 13.0 Å². The maximum atomic E-state index is 13.1. The van der Waals surface area contributed by atoms with Crippen molar-refractivity contribution in [2.24, 2.45) is 0 Å². The van der Waals surface area contributed by atoms with E-state index in [1.165, 1.54) is 12.1 Å². The fourth-order valence-corrected chi connectivity index (χ4v) is 2.46. The van der Waals surface area contributed by atoms with E-state index in [4.69, 9.17) is 16.3 Å². The zero-order valence-corrected chi connectivity index (χ0v) is 14.4. The maximum Gasteiger partial charge on any atom is 0.317 e. The summed E-state index contributed by atoms with van der Waals surface area (Å²) in [7, 11) is 3.35. The van der Waals surface area contributed by atoms with Gasteiger partial charge in [-0.25, -0.2) is 9.18 Å². The molecule has 128 valence electrons. The summed E-state index contributed by atoms with van der Waals surface area (Å²) in [5.41, 5.74) is 1.79. The van der Waals surface area contributed by atoms with Gasteiger partial charge in [-0.3, -0.25) is 0 Å². The van der Waals surface area contributed by atoms with Gasteiger partial charge in [-0.1, -0.05) is 35.9 Å². The fourth-order valence-electron chi connectivity index (χ4n) is 2.26. The molecule has 0 aliphatic heterocycles. The number of hydrogen-bond acceptors (Lipinski definition) is 2. The summed E-state index contributed by atoms with van der Waals surface area (Å²) in [5, 5.41) is 2.83. The van der Waals surface area contributed by atoms with Crippen LogP contribution in [-0.4, -0.2) is 31.6 Å². The summed E-state index contributed by atoms with van der Waals surface area (Å²) in [5.74, 6) is 0.341. The first kappa shape index (κ1) is 18.1. The predicted molar refractivity (Wildman–Crippen MR) is 93.0 cm³/mol. The minimum absolute atomic E-state index is 0.0475. The van der Waals surface area contributed by atoms with Crippen LogP contribution >= 0.6 is 11.6 Å². The molecule has 0 atom stereocenters. The first-order valence-corrected chi connectivity index (χ1v) is 7.94. The molecule has 0 fully saturated rings. The summed E-state index contributed by atoms with van der Waals surface area (Å²) in [6, 6.07) is 11.9. The summed E-state index contributed by atoms with van der Waals surface area (Å²) >= 11 is 5.73. The molecule has 6 heteroatoms. The van der Waals surface area contributed by atoms with Gasteiger partial charge >= 0.3 is 6.03 Å². The monoisotopic (exact) mass is 350 g/mol. The van der Waals surface area contributed by atoms with Gasteiger partial charge in [0.15, 0.2) is 0 Å². The number of methoxy groups -OCH3 is 1. The van der Waals surface area contributed by atoms with Crippen LogP contribution in [0, 0.1) is 5.82 Å². The molecular formula is C18H20ClFN2O2. The predicted octanol–water partition coefficient (Wildman–Crippen LogP) is 3.87. The van der Waals surface area contributed by atoms with Gasteiger partial charge in [0.1, 0.15) is 11.6 Å². The Morgan fingerprint density at radius 3 is 2.75 bits per heavy atom. The van der Waals surface area contributed by atoms with Crippen LogP contribution < -0.4 is 10.1 Å². The molecule has 1 N–H and O–H groups in total. The van der Waals surface area contributed by atoms with Crippen LogP contribution in [0.25, 0.3) is 0 Å². The Morgan fingerprint density at radius 2 is 2.04 bits per heavy atom. The van der Waals surface area contributed by atoms with Crippen molar-refractivity contribution >= 4 is 17.6 Å². The molecule has 0 aliphatic rings. The quantitative estimate of drug-likeness (QED) is 0.859. The number of nitrogens with one attached hydrogen (secondary N) is 1. The number of urea groups is 1. The number of nitrogens with zero attached hydrogens (tertiary/aromatic N) is 1. The van der Waals surface area contributed by atoms with Gasteiger partial charge in [0, 0.05) is 20.1 Å². The first-order chi connectivity index (χ1) is 11.5. The topological polar surface area (TPSA) is 41.6 Å². The number of halogens is 2. The second-order valence-electron chi connectivity index (χ2n) is 5.39. The van der Waals surface area contributed by atoms with Crippen LogP contribution in [0.1, 0.15) is 11.1 Å². The van der Waals surface area contributed by atoms with E-state index in [-0.39, 0.29) is 17.6 Å². The Balaban J connectivity index is 1.84. The van der Waals surface area contributed by atoms with Gasteiger partial charge in [-0.05, 0) is 35.7 Å². The van der Waals surface area contributed by atoms with Crippen LogP contribution in [0.3, 0.4) is 0 Å². The van der Waals surface area contributed by atoms with E-state index in [0.29, 0.717) is 13.0 Å². The molecule has 2 rings (SSSR count). The molecule has 4 nitrogen and oxygen atoms in total. The highest BCUT2D eigenvalue weighted by Crippen LogP contribution is 2.18. The minimum atomic E-state index is -0.472. The lowest BCUT2D eigenvalue weighted by Crippen LogP contribution is -2.38. The molecule has 0 saturated carbocycles. The molecule has 2 aromatic rings. The molecule has 0 aromatic heterocycles. The van der Waals surface area contributed by atoms with E-state index in [2.05, 4.69) is 5.32 Å². The number of para-hydroxylation sites is 1. The Hall–Kier alpha value is -2.27. The van der Waals surface area contributed by atoms with Gasteiger partial charge < -0.3 is 15.0 Å². The molecule has 24 heavy (non-hydrogen) atoms. The van der Waals surface area contributed by atoms with E-state index in [1.54, 1.807) is 25.1 Å². The van der Waals surface area contributed by atoms with Crippen LogP contribution in [0.2, 0.25) is 5.02 Å². The average molecular weight is 351 g/mol. The van der Waals surface area contributed by atoms with Crippen LogP contribution in [0.5, 0.6) is 5.75 Å². The lowest BCUT2D eigenvalue weighted by atomic mass is 10.1. The number of likely N-dealkylation sites (N-methyl/N-ethyl adjacent to an activating group) is 1. The smallest absolute Gasteiger partial charge is 0.317 e. The van der Waals surface area contributed by atoms with Crippen molar-refractivity contribution in [3.05, 3.63) is 64.4 Å². The molecule has 2 amide bonds. The second-order valence-corrected chi connectivity index (χ2v) is 5.80. The Labute approximate surface area is 146 Å². The molecule has 0 spiro atoms. The maximum absolute atomic E-state index is 13.1. The van der Waals surface area contributed by atoms with Crippen molar-refractivity contribution < 1.29 is 13.9 Å². The highest BCUT2D eigenvalue weighted by atomic mass is 35.5. The molecule has 0 saturated heterocycles. The van der Waals surface area contributed by atoms with E-state index in [9.17, 15) is 9.18 Å². The number of hydrogen-bond donors (Lipinski definition) is 1. The van der Waals surface area contributed by atoms with E-state index >= 15 is 0 Å². The third-order valence-electron chi connectivity index (χ3n) is 3.68. The van der Waals surface area contributed by atoms with Crippen LogP contribution in [0.15, 0.2) is 42.5 Å². The lowest BCUT2D eigenvalue weighted by molar-refractivity contribution is 0.208. The molecule has 0 unspecified atom stereocenters. The molecule has 0 heterocycles. The largest absolute Gasteiger partial charge is 0.496 e. The standard InChI is InChI=1S/C18H20ClFN2O2/c1-22(10-9-14-5-3-4-6-17(14)24-2)18(23)21-12-13-7-8-16(20)15(19)11-13/h3-8,11H,9-10,12H2,1-2H3,(H,21,23). The Kier molecular flexibility index (Phi) is 6.44. The molecule has 0 radical (unpaired) electrons. The van der Waals surface area contributed by atoms with Gasteiger partial charge in [0.25, 0.3) is 0 Å². The van der Waals surface area contributed by atoms with Gasteiger partial charge in [-0.15, -0.1) is 0 Å². The number of benzene rings is 2. The summed E-state index contributed by atoms with van der Waals surface area (Å²) in [4.78, 5) is 13.7. The second kappa shape index (κ2) is 8.55. The average Bonchev–Trinajstić information content (AvgIpc) is 2.60. The number of carbonyl (C=O) groups is 1. The first-order valence-electron chi connectivity index (χ1n) is 7.56. The number of rotatable bonds is 6. The number of carbonyl (C=O) groups excluding carboxylic acids is 1. The summed E-state index contributed by atoms with van der Waals surface area (Å²) < 4.78 is 18.4. The van der Waals surface area contributed by atoms with E-state index in [0.717, 1.165) is 16.9 Å². The molecule has 0 bridgehead atoms. The minimum Gasteiger partial charge on any atom is -0.496 e. The molecular weight excluding hydrogens is 331 g/mol. The highest BCUT2D eigenvalue weighted by molar-refractivity contribution is 6.30. The van der Waals surface area contributed by atoms with E-state index in [1.807, 2.05) is 24.3 Å². The fraction of sp³-hybridized carbons (Fsp3) is 0.278. The molecule has 0 aliphatic carbocycles. The normalized spacial score (nSPS) is 10.3. The van der Waals surface area contributed by atoms with Gasteiger partial charge in [-0.2, -0.15) is 0 Å². The SMILES string of the molecule is COc1ccccc1CCN(C)C(=O)NCc1ccc(F)c(Cl)c1. The molecule has 2 aromatic carbocycles. The lowest BCUT2D eigenvalue weighted by Gasteiger charge is -2.19. The third kappa shape index (κ3) is 4.86. The van der Waals surface area contributed by atoms with Crippen molar-refractivity contribution in [3.8, 4) is 5.75 Å². The summed E-state index contributed by atoms with van der Waals surface area (Å²) in [6.45, 7) is 0.841. The number of amides is 2. The zero-order chi connectivity index (χ0) is 17.5. The Bertz CT molecular complexity index is 709. The van der Waals surface area contributed by atoms with Crippen LogP contribution in [-0.2, 0) is 13.0 Å².